The molecule has 0 atom stereocenters. The lowest BCUT2D eigenvalue weighted by Crippen LogP contribution is -2.29. The highest BCUT2D eigenvalue weighted by atomic mass is 32.1. The van der Waals surface area contributed by atoms with Crippen LogP contribution in [0.2, 0.25) is 0 Å². The van der Waals surface area contributed by atoms with Crippen molar-refractivity contribution >= 4 is 22.2 Å². The molecule has 0 fully saturated rings. The molecule has 108 valence electrons. The highest BCUT2D eigenvalue weighted by Gasteiger charge is 2.21. The van der Waals surface area contributed by atoms with Crippen molar-refractivity contribution in [1.82, 2.24) is 20.1 Å². The maximum absolute atomic E-state index is 13.5. The third-order valence-electron chi connectivity index (χ3n) is 3.94. The number of fused-ring (bicyclic) bond motifs is 3. The monoisotopic (exact) mass is 302 g/mol. The highest BCUT2D eigenvalue weighted by molar-refractivity contribution is 7.11. The van der Waals surface area contributed by atoms with Gasteiger partial charge >= 0.3 is 0 Å². The van der Waals surface area contributed by atoms with Crippen LogP contribution in [0, 0.1) is 12.7 Å². The fourth-order valence-corrected chi connectivity index (χ4v) is 3.72. The van der Waals surface area contributed by atoms with Crippen LogP contribution in [-0.4, -0.2) is 26.6 Å². The van der Waals surface area contributed by atoms with Gasteiger partial charge in [-0.2, -0.15) is 0 Å². The summed E-state index contributed by atoms with van der Waals surface area (Å²) in [7, 11) is 0. The topological polar surface area (TPSA) is 44.8 Å². The summed E-state index contributed by atoms with van der Waals surface area (Å²) in [5.41, 5.74) is 3.48. The number of aryl methyl sites for hydroxylation is 1. The van der Waals surface area contributed by atoms with Gasteiger partial charge in [-0.15, -0.1) is 21.5 Å². The van der Waals surface area contributed by atoms with E-state index in [-0.39, 0.29) is 5.82 Å². The minimum atomic E-state index is -0.179. The summed E-state index contributed by atoms with van der Waals surface area (Å²) in [5.74, 6) is -0.179. The first kappa shape index (κ1) is 12.9. The van der Waals surface area contributed by atoms with E-state index in [0.29, 0.717) is 0 Å². The van der Waals surface area contributed by atoms with Gasteiger partial charge in [-0.3, -0.25) is 4.90 Å². The summed E-state index contributed by atoms with van der Waals surface area (Å²) in [6.45, 7) is 4.60. The van der Waals surface area contributed by atoms with Gasteiger partial charge in [0.15, 0.2) is 0 Å². The van der Waals surface area contributed by atoms with Crippen molar-refractivity contribution < 1.29 is 4.39 Å². The average molecular weight is 302 g/mol. The molecule has 2 aromatic heterocycles. The first-order valence-electron chi connectivity index (χ1n) is 6.99. The molecule has 0 radical (unpaired) electrons. The summed E-state index contributed by atoms with van der Waals surface area (Å²) >= 11 is 1.64. The molecule has 0 aliphatic carbocycles. The maximum Gasteiger partial charge on any atom is 0.131 e. The Kier molecular flexibility index (Phi) is 3.01. The molecule has 1 N–H and O–H groups in total. The van der Waals surface area contributed by atoms with E-state index in [1.54, 1.807) is 17.4 Å². The lowest BCUT2D eigenvalue weighted by atomic mass is 10.0. The molecular weight excluding hydrogens is 287 g/mol. The minimum Gasteiger partial charge on any atom is -0.358 e. The molecule has 0 saturated carbocycles. The number of nitrogens with one attached hydrogen (secondary N) is 1. The Hall–Kier alpha value is -1.79. The van der Waals surface area contributed by atoms with Crippen LogP contribution in [0.3, 0.4) is 0 Å². The average Bonchev–Trinajstić information content (AvgIpc) is 3.02. The Bertz CT molecular complexity index is 807. The molecule has 0 bridgehead atoms. The van der Waals surface area contributed by atoms with Gasteiger partial charge in [-0.25, -0.2) is 4.39 Å². The summed E-state index contributed by atoms with van der Waals surface area (Å²) in [4.78, 5) is 5.76. The standard InChI is InChI=1S/C15H15FN4S/c1-9-18-19-15(21-9)8-20-5-4-14-12(7-20)11-6-10(16)2-3-13(11)17-14/h2-3,6,17H,4-5,7-8H2,1H3. The van der Waals surface area contributed by atoms with Gasteiger partial charge in [0.05, 0.1) is 6.54 Å². The highest BCUT2D eigenvalue weighted by Crippen LogP contribution is 2.29. The van der Waals surface area contributed by atoms with Crippen molar-refractivity contribution in [2.75, 3.05) is 6.54 Å². The molecule has 6 heteroatoms. The zero-order valence-corrected chi connectivity index (χ0v) is 12.5. The quantitative estimate of drug-likeness (QED) is 0.791. The predicted molar refractivity (Wildman–Crippen MR) is 80.7 cm³/mol. The Morgan fingerprint density at radius 1 is 1.38 bits per heavy atom. The summed E-state index contributed by atoms with van der Waals surface area (Å²) in [6, 6.07) is 4.96. The minimum absolute atomic E-state index is 0.179. The second-order valence-corrected chi connectivity index (χ2v) is 6.71. The zero-order chi connectivity index (χ0) is 14.4. The van der Waals surface area contributed by atoms with Crippen molar-refractivity contribution in [1.29, 1.82) is 0 Å². The number of halogens is 1. The molecule has 0 spiro atoms. The van der Waals surface area contributed by atoms with E-state index in [9.17, 15) is 4.39 Å². The number of hydrogen-bond donors (Lipinski definition) is 1. The lowest BCUT2D eigenvalue weighted by Gasteiger charge is -2.25. The first-order valence-corrected chi connectivity index (χ1v) is 7.81. The number of benzene rings is 1. The van der Waals surface area contributed by atoms with Crippen LogP contribution >= 0.6 is 11.3 Å². The van der Waals surface area contributed by atoms with Crippen LogP contribution in [0.5, 0.6) is 0 Å². The van der Waals surface area contributed by atoms with E-state index in [4.69, 9.17) is 0 Å². The zero-order valence-electron chi connectivity index (χ0n) is 11.7. The number of nitrogens with zero attached hydrogens (tertiary/aromatic N) is 3. The molecular formula is C15H15FN4S. The number of aromatic nitrogens is 3. The van der Waals surface area contributed by atoms with Crippen molar-refractivity contribution in [3.8, 4) is 0 Å². The van der Waals surface area contributed by atoms with Crippen LogP contribution in [-0.2, 0) is 19.5 Å². The summed E-state index contributed by atoms with van der Waals surface area (Å²) in [5, 5.41) is 11.3. The molecule has 21 heavy (non-hydrogen) atoms. The van der Waals surface area contributed by atoms with Gasteiger partial charge in [-0.1, -0.05) is 0 Å². The van der Waals surface area contributed by atoms with Gasteiger partial charge < -0.3 is 4.98 Å². The SMILES string of the molecule is Cc1nnc(CN2CCc3[nH]c4ccc(F)cc4c3C2)s1. The maximum atomic E-state index is 13.5. The van der Waals surface area contributed by atoms with Gasteiger partial charge in [0.1, 0.15) is 15.8 Å². The van der Waals surface area contributed by atoms with E-state index in [2.05, 4.69) is 20.1 Å². The molecule has 3 heterocycles. The molecule has 0 saturated heterocycles. The number of rotatable bonds is 2. The molecule has 4 nitrogen and oxygen atoms in total. The Labute approximate surface area is 125 Å². The van der Waals surface area contributed by atoms with E-state index in [0.717, 1.165) is 47.0 Å². The van der Waals surface area contributed by atoms with E-state index >= 15 is 0 Å². The fourth-order valence-electron chi connectivity index (χ4n) is 2.97. The Morgan fingerprint density at radius 3 is 3.10 bits per heavy atom. The normalized spacial score (nSPS) is 15.5. The van der Waals surface area contributed by atoms with E-state index in [1.807, 2.05) is 13.0 Å². The van der Waals surface area contributed by atoms with Crippen LogP contribution in [0.4, 0.5) is 4.39 Å². The molecule has 3 aromatic rings. The van der Waals surface area contributed by atoms with Gasteiger partial charge in [0, 0.05) is 36.1 Å². The van der Waals surface area contributed by atoms with Crippen LogP contribution in [0.25, 0.3) is 10.9 Å². The second-order valence-electron chi connectivity index (χ2n) is 5.45. The van der Waals surface area contributed by atoms with Gasteiger partial charge in [0.25, 0.3) is 0 Å². The third kappa shape index (κ3) is 2.34. The van der Waals surface area contributed by atoms with Crippen LogP contribution < -0.4 is 0 Å². The van der Waals surface area contributed by atoms with Crippen LogP contribution in [0.1, 0.15) is 21.3 Å². The molecule has 0 amide bonds. The Balaban J connectivity index is 1.64. The van der Waals surface area contributed by atoms with E-state index in [1.165, 1.54) is 17.3 Å². The second kappa shape index (κ2) is 4.89. The molecule has 1 aliphatic rings. The summed E-state index contributed by atoms with van der Waals surface area (Å²) in [6.07, 6.45) is 0.962. The van der Waals surface area contributed by atoms with Crippen molar-refractivity contribution in [3.63, 3.8) is 0 Å². The number of hydrogen-bond acceptors (Lipinski definition) is 4. The van der Waals surface area contributed by atoms with Gasteiger partial charge in [-0.05, 0) is 30.7 Å². The summed E-state index contributed by atoms with van der Waals surface area (Å²) < 4.78 is 13.5. The molecule has 0 unspecified atom stereocenters. The molecule has 1 aliphatic heterocycles. The fraction of sp³-hybridized carbons (Fsp3) is 0.333. The predicted octanol–water partition coefficient (Wildman–Crippen LogP) is 3.03. The Morgan fingerprint density at radius 2 is 2.29 bits per heavy atom. The van der Waals surface area contributed by atoms with Crippen LogP contribution in [0.15, 0.2) is 18.2 Å². The van der Waals surface area contributed by atoms with Gasteiger partial charge in [0.2, 0.25) is 0 Å². The first-order chi connectivity index (χ1) is 10.2. The molecule has 4 rings (SSSR count). The van der Waals surface area contributed by atoms with Crippen molar-refractivity contribution in [2.24, 2.45) is 0 Å². The van der Waals surface area contributed by atoms with E-state index < -0.39 is 0 Å². The number of H-pyrrole nitrogens is 1. The number of aromatic amines is 1. The third-order valence-corrected chi connectivity index (χ3v) is 4.77. The lowest BCUT2D eigenvalue weighted by molar-refractivity contribution is 0.245. The van der Waals surface area contributed by atoms with Crippen molar-refractivity contribution in [3.05, 3.63) is 45.3 Å². The van der Waals surface area contributed by atoms with Crippen molar-refractivity contribution in [2.45, 2.75) is 26.4 Å². The largest absolute Gasteiger partial charge is 0.358 e. The smallest absolute Gasteiger partial charge is 0.131 e. The molecule has 1 aromatic carbocycles.